The zero-order valence-corrected chi connectivity index (χ0v) is 19.7. The molecule has 3 aromatic heterocycles. The van der Waals surface area contributed by atoms with Crippen molar-refractivity contribution in [2.75, 3.05) is 11.9 Å². The van der Waals surface area contributed by atoms with Crippen molar-refractivity contribution in [2.24, 2.45) is 0 Å². The predicted molar refractivity (Wildman–Crippen MR) is 133 cm³/mol. The Morgan fingerprint density at radius 3 is 2.54 bits per heavy atom. The number of para-hydroxylation sites is 1. The van der Waals surface area contributed by atoms with E-state index in [4.69, 9.17) is 4.74 Å². The van der Waals surface area contributed by atoms with Gasteiger partial charge in [0.1, 0.15) is 17.9 Å². The first kappa shape index (κ1) is 22.3. The molecule has 0 atom stereocenters. The van der Waals surface area contributed by atoms with Crippen molar-refractivity contribution >= 4 is 22.8 Å². The molecule has 3 heterocycles. The first-order valence-electron chi connectivity index (χ1n) is 11.3. The van der Waals surface area contributed by atoms with E-state index in [2.05, 4.69) is 39.3 Å². The third kappa shape index (κ3) is 4.61. The number of nitrogens with zero attached hydrogens (tertiary/aromatic N) is 6. The lowest BCUT2D eigenvalue weighted by molar-refractivity contribution is -0.118. The Balaban J connectivity index is 1.37. The summed E-state index contributed by atoms with van der Waals surface area (Å²) in [6.07, 6.45) is 3.16. The number of ether oxygens (including phenoxy) is 1. The van der Waals surface area contributed by atoms with Gasteiger partial charge in [0.25, 0.3) is 5.91 Å². The second kappa shape index (κ2) is 9.38. The molecule has 0 fully saturated rings. The van der Waals surface area contributed by atoms with Crippen molar-refractivity contribution in [1.29, 1.82) is 0 Å². The summed E-state index contributed by atoms with van der Waals surface area (Å²) in [5.74, 6) is 1.78. The van der Waals surface area contributed by atoms with Crippen molar-refractivity contribution in [3.05, 3.63) is 84.4 Å². The number of nitrogens with one attached hydrogen (secondary N) is 1. The van der Waals surface area contributed by atoms with E-state index in [1.165, 1.54) is 11.9 Å². The SMILES string of the molecule is Cc1cc(NC(=O)COc2ccc(C(C)C)cc2)n(-c2ncnc3c2cnn3-c2ccccc2)n1. The maximum Gasteiger partial charge on any atom is 0.263 e. The lowest BCUT2D eigenvalue weighted by Gasteiger charge is -2.11. The van der Waals surface area contributed by atoms with Crippen LogP contribution in [0.3, 0.4) is 0 Å². The normalized spacial score (nSPS) is 11.2. The molecule has 9 nitrogen and oxygen atoms in total. The monoisotopic (exact) mass is 467 g/mol. The molecular formula is C26H25N7O2. The fourth-order valence-electron chi connectivity index (χ4n) is 3.79. The summed E-state index contributed by atoms with van der Waals surface area (Å²) in [6.45, 7) is 5.99. The van der Waals surface area contributed by atoms with Crippen molar-refractivity contribution in [3.8, 4) is 17.3 Å². The summed E-state index contributed by atoms with van der Waals surface area (Å²) in [5.41, 5.74) is 3.47. The molecule has 1 amide bonds. The lowest BCUT2D eigenvalue weighted by atomic mass is 10.0. The van der Waals surface area contributed by atoms with E-state index >= 15 is 0 Å². The van der Waals surface area contributed by atoms with Gasteiger partial charge in [-0.2, -0.15) is 14.9 Å². The van der Waals surface area contributed by atoms with Crippen LogP contribution in [0.15, 0.2) is 73.2 Å². The van der Waals surface area contributed by atoms with Gasteiger partial charge in [-0.3, -0.25) is 4.79 Å². The fraction of sp³-hybridized carbons (Fsp3) is 0.192. The Kier molecular flexibility index (Phi) is 5.97. The zero-order valence-electron chi connectivity index (χ0n) is 19.7. The molecule has 5 aromatic rings. The van der Waals surface area contributed by atoms with Gasteiger partial charge in [0, 0.05) is 6.07 Å². The second-order valence-electron chi connectivity index (χ2n) is 8.47. The molecule has 5 rings (SSSR count). The van der Waals surface area contributed by atoms with Crippen LogP contribution < -0.4 is 10.1 Å². The largest absolute Gasteiger partial charge is 0.484 e. The average molecular weight is 468 g/mol. The smallest absolute Gasteiger partial charge is 0.263 e. The number of fused-ring (bicyclic) bond motifs is 1. The molecule has 35 heavy (non-hydrogen) atoms. The van der Waals surface area contributed by atoms with Gasteiger partial charge < -0.3 is 10.1 Å². The third-order valence-electron chi connectivity index (χ3n) is 5.56. The van der Waals surface area contributed by atoms with E-state index in [1.54, 1.807) is 21.6 Å². The molecule has 0 bridgehead atoms. The fourth-order valence-corrected chi connectivity index (χ4v) is 3.79. The number of carbonyl (C=O) groups excluding carboxylic acids is 1. The maximum absolute atomic E-state index is 12.7. The number of anilines is 1. The minimum absolute atomic E-state index is 0.129. The Morgan fingerprint density at radius 1 is 1.03 bits per heavy atom. The number of amides is 1. The average Bonchev–Trinajstić information content (AvgIpc) is 3.46. The number of rotatable bonds is 7. The molecule has 0 aliphatic carbocycles. The first-order valence-corrected chi connectivity index (χ1v) is 11.3. The summed E-state index contributed by atoms with van der Waals surface area (Å²) in [5, 5.41) is 12.6. The minimum atomic E-state index is -0.302. The topological polar surface area (TPSA) is 99.7 Å². The summed E-state index contributed by atoms with van der Waals surface area (Å²) in [4.78, 5) is 21.5. The van der Waals surface area contributed by atoms with Gasteiger partial charge in [-0.25, -0.2) is 14.6 Å². The Hall–Kier alpha value is -4.53. The third-order valence-corrected chi connectivity index (χ3v) is 5.56. The molecule has 0 aliphatic heterocycles. The Labute approximate surface area is 202 Å². The van der Waals surface area contributed by atoms with Crippen LogP contribution in [0, 0.1) is 6.92 Å². The highest BCUT2D eigenvalue weighted by Gasteiger charge is 2.18. The molecule has 0 radical (unpaired) electrons. The van der Waals surface area contributed by atoms with Gasteiger partial charge >= 0.3 is 0 Å². The van der Waals surface area contributed by atoms with Gasteiger partial charge in [0.05, 0.1) is 23.0 Å². The van der Waals surface area contributed by atoms with Gasteiger partial charge in [0.15, 0.2) is 18.1 Å². The van der Waals surface area contributed by atoms with Crippen LogP contribution in [-0.4, -0.2) is 42.0 Å². The highest BCUT2D eigenvalue weighted by Crippen LogP contribution is 2.24. The van der Waals surface area contributed by atoms with E-state index in [0.717, 1.165) is 11.4 Å². The molecule has 0 unspecified atom stereocenters. The van der Waals surface area contributed by atoms with Gasteiger partial charge in [-0.05, 0) is 42.7 Å². The van der Waals surface area contributed by atoms with Crippen LogP contribution in [0.4, 0.5) is 5.82 Å². The predicted octanol–water partition coefficient (Wildman–Crippen LogP) is 4.45. The molecule has 9 heteroatoms. The van der Waals surface area contributed by atoms with Crippen LogP contribution in [0.2, 0.25) is 0 Å². The van der Waals surface area contributed by atoms with Crippen LogP contribution in [0.25, 0.3) is 22.5 Å². The number of aromatic nitrogens is 6. The van der Waals surface area contributed by atoms with Crippen molar-refractivity contribution < 1.29 is 9.53 Å². The zero-order chi connectivity index (χ0) is 24.4. The van der Waals surface area contributed by atoms with E-state index in [0.29, 0.717) is 34.3 Å². The molecule has 0 aliphatic rings. The summed E-state index contributed by atoms with van der Waals surface area (Å²) in [6, 6.07) is 19.3. The maximum atomic E-state index is 12.7. The van der Waals surface area contributed by atoms with Gasteiger partial charge in [0.2, 0.25) is 0 Å². The van der Waals surface area contributed by atoms with E-state index < -0.39 is 0 Å². The Morgan fingerprint density at radius 2 is 1.80 bits per heavy atom. The molecule has 2 aromatic carbocycles. The van der Waals surface area contributed by atoms with Crippen molar-refractivity contribution in [1.82, 2.24) is 29.5 Å². The highest BCUT2D eigenvalue weighted by atomic mass is 16.5. The quantitative estimate of drug-likeness (QED) is 0.380. The van der Waals surface area contributed by atoms with Crippen LogP contribution in [0.5, 0.6) is 5.75 Å². The molecule has 176 valence electrons. The summed E-state index contributed by atoms with van der Waals surface area (Å²) in [7, 11) is 0. The van der Waals surface area contributed by atoms with Crippen LogP contribution in [-0.2, 0) is 4.79 Å². The molecular weight excluding hydrogens is 442 g/mol. The standard InChI is InChI=1S/C26H25N7O2/c1-17(2)19-9-11-21(12-10-19)35-15-24(34)30-23-13-18(3)31-33(23)26-22-14-29-32(25(22)27-16-28-26)20-7-5-4-6-8-20/h4-14,16-17H,15H2,1-3H3,(H,30,34). The van der Waals surface area contributed by atoms with Gasteiger partial charge in [-0.1, -0.05) is 44.2 Å². The van der Waals surface area contributed by atoms with E-state index in [-0.39, 0.29) is 12.5 Å². The van der Waals surface area contributed by atoms with Crippen LogP contribution >= 0.6 is 0 Å². The minimum Gasteiger partial charge on any atom is -0.484 e. The highest BCUT2D eigenvalue weighted by molar-refractivity contribution is 5.92. The molecule has 0 saturated carbocycles. The summed E-state index contributed by atoms with van der Waals surface area (Å²) < 4.78 is 9.00. The summed E-state index contributed by atoms with van der Waals surface area (Å²) >= 11 is 0. The number of benzene rings is 2. The Bertz CT molecular complexity index is 1470. The second-order valence-corrected chi connectivity index (χ2v) is 8.47. The van der Waals surface area contributed by atoms with Crippen LogP contribution in [0.1, 0.15) is 31.0 Å². The molecule has 1 N–H and O–H groups in total. The molecule has 0 saturated heterocycles. The van der Waals surface area contributed by atoms with Gasteiger partial charge in [-0.15, -0.1) is 0 Å². The van der Waals surface area contributed by atoms with Crippen molar-refractivity contribution in [2.45, 2.75) is 26.7 Å². The number of aryl methyl sites for hydroxylation is 1. The van der Waals surface area contributed by atoms with E-state index in [9.17, 15) is 4.79 Å². The molecule has 0 spiro atoms. The number of hydrogen-bond acceptors (Lipinski definition) is 6. The number of hydrogen-bond donors (Lipinski definition) is 1. The lowest BCUT2D eigenvalue weighted by Crippen LogP contribution is -2.22. The first-order chi connectivity index (χ1) is 17.0. The number of carbonyl (C=O) groups is 1. The van der Waals surface area contributed by atoms with Crippen molar-refractivity contribution in [3.63, 3.8) is 0 Å². The van der Waals surface area contributed by atoms with E-state index in [1.807, 2.05) is 61.5 Å².